The van der Waals surface area contributed by atoms with E-state index in [0.717, 1.165) is 11.3 Å². The number of non-ortho nitro benzene ring substituents is 1. The zero-order chi connectivity index (χ0) is 12.8. The van der Waals surface area contributed by atoms with Gasteiger partial charge in [-0.25, -0.2) is 0 Å². The van der Waals surface area contributed by atoms with Crippen LogP contribution in [0.25, 0.3) is 0 Å². The lowest BCUT2D eigenvalue weighted by molar-refractivity contribution is -0.384. The van der Waals surface area contributed by atoms with Crippen molar-refractivity contribution in [3.05, 3.63) is 33.9 Å². The molecule has 0 aromatic heterocycles. The van der Waals surface area contributed by atoms with Gasteiger partial charge in [0.05, 0.1) is 4.92 Å². The number of aryl methyl sites for hydroxylation is 1. The van der Waals surface area contributed by atoms with Crippen LogP contribution in [-0.2, 0) is 0 Å². The van der Waals surface area contributed by atoms with Gasteiger partial charge in [0.25, 0.3) is 5.69 Å². The summed E-state index contributed by atoms with van der Waals surface area (Å²) in [5.74, 6) is 0.915. The van der Waals surface area contributed by atoms with Crippen molar-refractivity contribution in [1.29, 1.82) is 0 Å². The molecule has 0 aliphatic carbocycles. The second-order valence-corrected chi connectivity index (χ2v) is 4.35. The third-order valence-electron chi connectivity index (χ3n) is 2.45. The smallest absolute Gasteiger partial charge is 0.271 e. The average molecular weight is 277 g/mol. The Kier molecular flexibility index (Phi) is 5.51. The fourth-order valence-corrected chi connectivity index (χ4v) is 2.02. The number of nitro benzene ring substituents is 1. The highest BCUT2D eigenvalue weighted by Crippen LogP contribution is 2.25. The third kappa shape index (κ3) is 3.75. The Morgan fingerprint density at radius 3 is 2.35 bits per heavy atom. The lowest BCUT2D eigenvalue weighted by Gasteiger charge is -2.24. The van der Waals surface area contributed by atoms with E-state index in [0.29, 0.717) is 24.8 Å². The van der Waals surface area contributed by atoms with Crippen molar-refractivity contribution in [1.82, 2.24) is 0 Å². The summed E-state index contributed by atoms with van der Waals surface area (Å²) < 4.78 is 0. The standard InChI is InChI=1S/C11H14Cl2N2O2/c1-9-2-3-10(15(16)17)8-11(9)14(6-4-12)7-5-13/h2-3,8H,4-7H2,1H3. The fraction of sp³-hybridized carbons (Fsp3) is 0.455. The summed E-state index contributed by atoms with van der Waals surface area (Å²) in [6.45, 7) is 3.15. The minimum absolute atomic E-state index is 0.0831. The van der Waals surface area contributed by atoms with Gasteiger partial charge in [-0.3, -0.25) is 10.1 Å². The summed E-state index contributed by atoms with van der Waals surface area (Å²) >= 11 is 11.4. The van der Waals surface area contributed by atoms with Crippen LogP contribution in [0.1, 0.15) is 5.56 Å². The maximum atomic E-state index is 10.7. The first-order valence-electron chi connectivity index (χ1n) is 5.22. The second-order valence-electron chi connectivity index (χ2n) is 3.59. The van der Waals surface area contributed by atoms with E-state index < -0.39 is 4.92 Å². The van der Waals surface area contributed by atoms with Crippen LogP contribution in [-0.4, -0.2) is 29.8 Å². The molecule has 1 aromatic rings. The maximum absolute atomic E-state index is 10.7. The van der Waals surface area contributed by atoms with Gasteiger partial charge in [-0.2, -0.15) is 0 Å². The first-order chi connectivity index (χ1) is 8.10. The molecular formula is C11H14Cl2N2O2. The van der Waals surface area contributed by atoms with E-state index in [4.69, 9.17) is 23.2 Å². The molecule has 4 nitrogen and oxygen atoms in total. The molecule has 0 radical (unpaired) electrons. The number of benzene rings is 1. The van der Waals surface area contributed by atoms with Crippen LogP contribution in [0, 0.1) is 17.0 Å². The molecule has 1 aromatic carbocycles. The Morgan fingerprint density at radius 1 is 1.29 bits per heavy atom. The largest absolute Gasteiger partial charge is 0.369 e. The van der Waals surface area contributed by atoms with Gasteiger partial charge < -0.3 is 4.90 Å². The van der Waals surface area contributed by atoms with Crippen LogP contribution in [0.2, 0.25) is 0 Å². The van der Waals surface area contributed by atoms with Crippen LogP contribution in [0.5, 0.6) is 0 Å². The first kappa shape index (κ1) is 14.1. The van der Waals surface area contributed by atoms with E-state index in [1.54, 1.807) is 12.1 Å². The molecule has 0 amide bonds. The third-order valence-corrected chi connectivity index (χ3v) is 2.79. The zero-order valence-corrected chi connectivity index (χ0v) is 11.0. The predicted molar refractivity (Wildman–Crippen MR) is 71.5 cm³/mol. The minimum Gasteiger partial charge on any atom is -0.369 e. The van der Waals surface area contributed by atoms with Gasteiger partial charge in [0.15, 0.2) is 0 Å². The van der Waals surface area contributed by atoms with Crippen molar-refractivity contribution in [2.75, 3.05) is 29.7 Å². The van der Waals surface area contributed by atoms with Crippen LogP contribution < -0.4 is 4.90 Å². The van der Waals surface area contributed by atoms with Gasteiger partial charge in [0.2, 0.25) is 0 Å². The fourth-order valence-electron chi connectivity index (χ4n) is 1.61. The normalized spacial score (nSPS) is 10.3. The van der Waals surface area contributed by atoms with Crippen LogP contribution in [0.4, 0.5) is 11.4 Å². The number of halogens is 2. The Balaban J connectivity index is 3.07. The van der Waals surface area contributed by atoms with Crippen molar-refractivity contribution in [2.45, 2.75) is 6.92 Å². The molecule has 94 valence electrons. The molecule has 0 aliphatic rings. The van der Waals surface area contributed by atoms with Crippen LogP contribution in [0.3, 0.4) is 0 Å². The molecule has 0 heterocycles. The molecule has 17 heavy (non-hydrogen) atoms. The molecule has 0 bridgehead atoms. The Hall–Kier alpha value is -1.000. The monoisotopic (exact) mass is 276 g/mol. The molecule has 0 unspecified atom stereocenters. The number of hydrogen-bond acceptors (Lipinski definition) is 3. The molecule has 6 heteroatoms. The SMILES string of the molecule is Cc1ccc([N+](=O)[O-])cc1N(CCCl)CCCl. The zero-order valence-electron chi connectivity index (χ0n) is 9.53. The minimum atomic E-state index is -0.400. The predicted octanol–water partition coefficient (Wildman–Crippen LogP) is 3.19. The molecule has 0 saturated carbocycles. The van der Waals surface area contributed by atoms with Gasteiger partial charge >= 0.3 is 0 Å². The Morgan fingerprint density at radius 2 is 1.88 bits per heavy atom. The Labute approximate surface area is 110 Å². The van der Waals surface area contributed by atoms with Gasteiger partial charge in [-0.1, -0.05) is 6.07 Å². The number of nitrogens with zero attached hydrogens (tertiary/aromatic N) is 2. The van der Waals surface area contributed by atoms with Crippen LogP contribution in [0.15, 0.2) is 18.2 Å². The van der Waals surface area contributed by atoms with E-state index in [-0.39, 0.29) is 5.69 Å². The van der Waals surface area contributed by atoms with Crippen molar-refractivity contribution in [3.8, 4) is 0 Å². The molecule has 0 spiro atoms. The summed E-state index contributed by atoms with van der Waals surface area (Å²) in [5.41, 5.74) is 1.88. The average Bonchev–Trinajstić information content (AvgIpc) is 2.29. The quantitative estimate of drug-likeness (QED) is 0.455. The topological polar surface area (TPSA) is 46.4 Å². The molecule has 1 rings (SSSR count). The summed E-state index contributed by atoms with van der Waals surface area (Å²) in [6.07, 6.45) is 0. The number of rotatable bonds is 6. The van der Waals surface area contributed by atoms with Gasteiger partial charge in [0.1, 0.15) is 0 Å². The number of nitro groups is 1. The highest BCUT2D eigenvalue weighted by molar-refractivity contribution is 6.18. The number of hydrogen-bond donors (Lipinski definition) is 0. The van der Waals surface area contributed by atoms with E-state index in [1.165, 1.54) is 6.07 Å². The van der Waals surface area contributed by atoms with Crippen LogP contribution >= 0.6 is 23.2 Å². The van der Waals surface area contributed by atoms with Crippen molar-refractivity contribution in [3.63, 3.8) is 0 Å². The molecule has 0 saturated heterocycles. The molecular weight excluding hydrogens is 263 g/mol. The second kappa shape index (κ2) is 6.67. The molecule has 0 aliphatic heterocycles. The summed E-state index contributed by atoms with van der Waals surface area (Å²) in [6, 6.07) is 4.80. The highest BCUT2D eigenvalue weighted by Gasteiger charge is 2.13. The summed E-state index contributed by atoms with van der Waals surface area (Å²) in [4.78, 5) is 12.3. The lowest BCUT2D eigenvalue weighted by atomic mass is 10.1. The lowest BCUT2D eigenvalue weighted by Crippen LogP contribution is -2.28. The maximum Gasteiger partial charge on any atom is 0.271 e. The van der Waals surface area contributed by atoms with Gasteiger partial charge in [-0.15, -0.1) is 23.2 Å². The number of anilines is 1. The van der Waals surface area contributed by atoms with Crippen molar-refractivity contribution >= 4 is 34.6 Å². The molecule has 0 N–H and O–H groups in total. The first-order valence-corrected chi connectivity index (χ1v) is 6.29. The highest BCUT2D eigenvalue weighted by atomic mass is 35.5. The number of alkyl halides is 2. The van der Waals surface area contributed by atoms with Crippen molar-refractivity contribution < 1.29 is 4.92 Å². The van der Waals surface area contributed by atoms with Crippen molar-refractivity contribution in [2.24, 2.45) is 0 Å². The summed E-state index contributed by atoms with van der Waals surface area (Å²) in [7, 11) is 0. The van der Waals surface area contributed by atoms with Gasteiger partial charge in [0, 0.05) is 42.7 Å². The van der Waals surface area contributed by atoms with E-state index in [1.807, 2.05) is 11.8 Å². The van der Waals surface area contributed by atoms with E-state index in [2.05, 4.69) is 0 Å². The van der Waals surface area contributed by atoms with Gasteiger partial charge in [-0.05, 0) is 12.5 Å². The summed E-state index contributed by atoms with van der Waals surface area (Å²) in [5, 5.41) is 10.7. The molecule has 0 fully saturated rings. The van der Waals surface area contributed by atoms with E-state index in [9.17, 15) is 10.1 Å². The Bertz CT molecular complexity index is 393. The van der Waals surface area contributed by atoms with E-state index >= 15 is 0 Å². The molecule has 0 atom stereocenters.